The summed E-state index contributed by atoms with van der Waals surface area (Å²) in [6.45, 7) is 1.02. The lowest BCUT2D eigenvalue weighted by Gasteiger charge is -2.26. The molecule has 2 N–H and O–H groups in total. The summed E-state index contributed by atoms with van der Waals surface area (Å²) in [6.07, 6.45) is 0.724. The molecule has 1 aliphatic heterocycles. The number of hydrogen-bond donors (Lipinski definition) is 2. The van der Waals surface area contributed by atoms with Gasteiger partial charge in [-0.1, -0.05) is 42.5 Å². The lowest BCUT2D eigenvalue weighted by Crippen LogP contribution is -2.32. The highest BCUT2D eigenvalue weighted by molar-refractivity contribution is 6.05. The molecule has 0 bridgehead atoms. The van der Waals surface area contributed by atoms with Crippen LogP contribution in [-0.2, 0) is 11.2 Å². The number of aromatic nitrogens is 1. The highest BCUT2D eigenvalue weighted by Crippen LogP contribution is 2.26. The Balaban J connectivity index is 1.57. The summed E-state index contributed by atoms with van der Waals surface area (Å²) in [4.78, 5) is 27.2. The Hall–Kier alpha value is -2.92. The molecule has 5 nitrogen and oxygen atoms in total. The molecule has 0 aliphatic carbocycles. The van der Waals surface area contributed by atoms with Gasteiger partial charge in [0.2, 0.25) is 5.56 Å². The predicted octanol–water partition coefficient (Wildman–Crippen LogP) is 2.57. The smallest absolute Gasteiger partial charge is 0.252 e. The Labute approximate surface area is 144 Å². The number of fused-ring (bicyclic) bond motifs is 2. The number of ether oxygens (including phenoxy) is 1. The van der Waals surface area contributed by atoms with Crippen LogP contribution in [0, 0.1) is 0 Å². The molecule has 2 aromatic carbocycles. The predicted molar refractivity (Wildman–Crippen MR) is 95.7 cm³/mol. The lowest BCUT2D eigenvalue weighted by atomic mass is 9.97. The number of hydrogen-bond acceptors (Lipinski definition) is 3. The van der Waals surface area contributed by atoms with Gasteiger partial charge in [-0.25, -0.2) is 0 Å². The summed E-state index contributed by atoms with van der Waals surface area (Å²) in [7, 11) is 0. The molecule has 3 aromatic rings. The van der Waals surface area contributed by atoms with Gasteiger partial charge in [0.05, 0.1) is 12.2 Å². The zero-order chi connectivity index (χ0) is 17.2. The summed E-state index contributed by atoms with van der Waals surface area (Å²) in [5.41, 5.74) is 3.12. The normalized spacial score (nSPS) is 16.4. The molecule has 0 unspecified atom stereocenters. The third kappa shape index (κ3) is 3.06. The number of carbonyl (C=O) groups is 1. The molecule has 4 rings (SSSR count). The van der Waals surface area contributed by atoms with Gasteiger partial charge in [-0.2, -0.15) is 0 Å². The van der Waals surface area contributed by atoms with E-state index < -0.39 is 0 Å². The molecule has 0 saturated carbocycles. The Morgan fingerprint density at radius 3 is 2.88 bits per heavy atom. The standard InChI is InChI=1S/C20H18N2O3/c23-19-11-16(15-7-3-4-8-17(15)22-19)20(24)21-12-18-14-6-2-1-5-13(14)9-10-25-18/h1-8,11,18H,9-10,12H2,(H,21,24)(H,22,23)/t18-/m1/s1. The monoisotopic (exact) mass is 334 g/mol. The Bertz CT molecular complexity index is 993. The fourth-order valence-corrected chi connectivity index (χ4v) is 3.32. The largest absolute Gasteiger partial charge is 0.371 e. The molecule has 1 aliphatic rings. The van der Waals surface area contributed by atoms with Gasteiger partial charge in [-0.15, -0.1) is 0 Å². The van der Waals surface area contributed by atoms with Crippen molar-refractivity contribution in [1.82, 2.24) is 10.3 Å². The number of amides is 1. The maximum atomic E-state index is 12.6. The highest BCUT2D eigenvalue weighted by Gasteiger charge is 2.21. The van der Waals surface area contributed by atoms with E-state index in [4.69, 9.17) is 4.74 Å². The summed E-state index contributed by atoms with van der Waals surface area (Å²) in [6, 6.07) is 16.7. The summed E-state index contributed by atoms with van der Waals surface area (Å²) < 4.78 is 5.82. The second kappa shape index (κ2) is 6.53. The van der Waals surface area contributed by atoms with Crippen LogP contribution < -0.4 is 10.9 Å². The number of para-hydroxylation sites is 1. The minimum Gasteiger partial charge on any atom is -0.371 e. The molecule has 2 heterocycles. The van der Waals surface area contributed by atoms with Gasteiger partial charge >= 0.3 is 0 Å². The molecule has 0 fully saturated rings. The lowest BCUT2D eigenvalue weighted by molar-refractivity contribution is 0.0412. The van der Waals surface area contributed by atoms with Crippen LogP contribution in [0.3, 0.4) is 0 Å². The van der Waals surface area contributed by atoms with Crippen molar-refractivity contribution < 1.29 is 9.53 Å². The van der Waals surface area contributed by atoms with Gasteiger partial charge in [-0.05, 0) is 23.6 Å². The molecule has 126 valence electrons. The van der Waals surface area contributed by atoms with E-state index in [9.17, 15) is 9.59 Å². The molecular weight excluding hydrogens is 316 g/mol. The van der Waals surface area contributed by atoms with Crippen molar-refractivity contribution in [3.05, 3.63) is 81.6 Å². The minimum absolute atomic E-state index is 0.165. The third-order valence-electron chi connectivity index (χ3n) is 4.54. The van der Waals surface area contributed by atoms with Crippen molar-refractivity contribution in [2.45, 2.75) is 12.5 Å². The zero-order valence-corrected chi connectivity index (χ0v) is 13.6. The second-order valence-corrected chi connectivity index (χ2v) is 6.11. The van der Waals surface area contributed by atoms with Crippen LogP contribution in [0.1, 0.15) is 27.6 Å². The van der Waals surface area contributed by atoms with Gasteiger partial charge in [0, 0.05) is 23.5 Å². The van der Waals surface area contributed by atoms with Crippen LogP contribution in [0.2, 0.25) is 0 Å². The van der Waals surface area contributed by atoms with Crippen molar-refractivity contribution >= 4 is 16.8 Å². The Morgan fingerprint density at radius 2 is 1.96 bits per heavy atom. The van der Waals surface area contributed by atoms with E-state index in [1.807, 2.05) is 36.4 Å². The molecular formula is C20H18N2O3. The van der Waals surface area contributed by atoms with Crippen LogP contribution in [0.15, 0.2) is 59.4 Å². The highest BCUT2D eigenvalue weighted by atomic mass is 16.5. The van der Waals surface area contributed by atoms with E-state index in [2.05, 4.69) is 16.4 Å². The van der Waals surface area contributed by atoms with Crippen LogP contribution in [-0.4, -0.2) is 24.0 Å². The minimum atomic E-state index is -0.289. The Morgan fingerprint density at radius 1 is 1.16 bits per heavy atom. The van der Waals surface area contributed by atoms with Crippen molar-refractivity contribution in [2.75, 3.05) is 13.2 Å². The zero-order valence-electron chi connectivity index (χ0n) is 13.6. The molecule has 25 heavy (non-hydrogen) atoms. The summed E-state index contributed by atoms with van der Waals surface area (Å²) >= 11 is 0. The first-order chi connectivity index (χ1) is 12.2. The van der Waals surface area contributed by atoms with Crippen LogP contribution >= 0.6 is 0 Å². The summed E-state index contributed by atoms with van der Waals surface area (Å²) in [5.74, 6) is -0.269. The van der Waals surface area contributed by atoms with E-state index in [0.717, 1.165) is 17.4 Å². The number of nitrogens with one attached hydrogen (secondary N) is 2. The number of carbonyl (C=O) groups excluding carboxylic acids is 1. The van der Waals surface area contributed by atoms with Crippen molar-refractivity contribution in [1.29, 1.82) is 0 Å². The van der Waals surface area contributed by atoms with Gasteiger partial charge in [0.1, 0.15) is 6.10 Å². The van der Waals surface area contributed by atoms with Gasteiger partial charge < -0.3 is 15.0 Å². The van der Waals surface area contributed by atoms with Gasteiger partial charge in [0.15, 0.2) is 0 Å². The molecule has 0 spiro atoms. The first kappa shape index (κ1) is 15.6. The molecule has 5 heteroatoms. The summed E-state index contributed by atoms with van der Waals surface area (Å²) in [5, 5.41) is 3.64. The fraction of sp³-hybridized carbons (Fsp3) is 0.200. The van der Waals surface area contributed by atoms with E-state index in [1.54, 1.807) is 6.07 Å². The van der Waals surface area contributed by atoms with Crippen molar-refractivity contribution in [3.63, 3.8) is 0 Å². The van der Waals surface area contributed by atoms with E-state index in [1.165, 1.54) is 11.6 Å². The van der Waals surface area contributed by atoms with Crippen molar-refractivity contribution in [2.24, 2.45) is 0 Å². The van der Waals surface area contributed by atoms with Crippen LogP contribution in [0.5, 0.6) is 0 Å². The van der Waals surface area contributed by atoms with Crippen LogP contribution in [0.4, 0.5) is 0 Å². The quantitative estimate of drug-likeness (QED) is 0.773. The van der Waals surface area contributed by atoms with Gasteiger partial charge in [-0.3, -0.25) is 9.59 Å². The van der Waals surface area contributed by atoms with Crippen molar-refractivity contribution in [3.8, 4) is 0 Å². The molecule has 0 saturated heterocycles. The van der Waals surface area contributed by atoms with E-state index in [-0.39, 0.29) is 17.6 Å². The first-order valence-corrected chi connectivity index (χ1v) is 8.32. The number of pyridine rings is 1. The molecule has 1 atom stereocenters. The SMILES string of the molecule is O=C(NC[C@H]1OCCc2ccccc21)c1cc(=O)[nH]c2ccccc12. The molecule has 1 aromatic heterocycles. The fourth-order valence-electron chi connectivity index (χ4n) is 3.32. The first-order valence-electron chi connectivity index (χ1n) is 8.32. The molecule has 0 radical (unpaired) electrons. The number of rotatable bonds is 3. The average molecular weight is 334 g/mol. The number of aromatic amines is 1. The molecule has 1 amide bonds. The van der Waals surface area contributed by atoms with Gasteiger partial charge in [0.25, 0.3) is 5.91 Å². The topological polar surface area (TPSA) is 71.2 Å². The average Bonchev–Trinajstić information content (AvgIpc) is 2.65. The maximum absolute atomic E-state index is 12.6. The Kier molecular flexibility index (Phi) is 4.07. The maximum Gasteiger partial charge on any atom is 0.252 e. The number of benzene rings is 2. The van der Waals surface area contributed by atoms with E-state index in [0.29, 0.717) is 24.2 Å². The van der Waals surface area contributed by atoms with Crippen LogP contribution in [0.25, 0.3) is 10.9 Å². The van der Waals surface area contributed by atoms with E-state index >= 15 is 0 Å². The second-order valence-electron chi connectivity index (χ2n) is 6.11. The third-order valence-corrected chi connectivity index (χ3v) is 4.54. The number of H-pyrrole nitrogens is 1.